The maximum absolute atomic E-state index is 12.5. The van der Waals surface area contributed by atoms with Crippen LogP contribution in [0.15, 0.2) is 36.8 Å². The lowest BCUT2D eigenvalue weighted by atomic mass is 10.1. The number of nitrogens with zero attached hydrogens (tertiary/aromatic N) is 5. The molecule has 8 nitrogen and oxygen atoms in total. The smallest absolute Gasteiger partial charge is 0.246 e. The largest absolute Gasteiger partial charge is 0.323 e. The van der Waals surface area contributed by atoms with Gasteiger partial charge >= 0.3 is 0 Å². The van der Waals surface area contributed by atoms with Crippen LogP contribution in [0.1, 0.15) is 23.0 Å². The molecular weight excluding hydrogens is 389 g/mol. The number of hydrogen-bond acceptors (Lipinski definition) is 5. The van der Waals surface area contributed by atoms with Gasteiger partial charge in [0.25, 0.3) is 0 Å². The number of pyridine rings is 1. The first-order chi connectivity index (χ1) is 12.0. The van der Waals surface area contributed by atoms with Crippen molar-refractivity contribution in [3.8, 4) is 5.82 Å². The lowest BCUT2D eigenvalue weighted by Gasteiger charge is -2.14. The number of aromatic nitrogens is 5. The summed E-state index contributed by atoms with van der Waals surface area (Å²) < 4.78 is 3.44. The van der Waals surface area contributed by atoms with Crippen molar-refractivity contribution < 1.29 is 4.79 Å². The van der Waals surface area contributed by atoms with E-state index in [2.05, 4.69) is 25.8 Å². The number of anilines is 1. The second-order valence-electron chi connectivity index (χ2n) is 5.90. The van der Waals surface area contributed by atoms with Gasteiger partial charge in [-0.1, -0.05) is 0 Å². The molecule has 0 bridgehead atoms. The van der Waals surface area contributed by atoms with Gasteiger partial charge in [0.1, 0.15) is 6.04 Å². The van der Waals surface area contributed by atoms with E-state index in [0.29, 0.717) is 11.5 Å². The zero-order valence-electron chi connectivity index (χ0n) is 15.5. The quantitative estimate of drug-likeness (QED) is 0.672. The Morgan fingerprint density at radius 2 is 1.93 bits per heavy atom. The average Bonchev–Trinajstić information content (AvgIpc) is 3.14. The summed E-state index contributed by atoms with van der Waals surface area (Å²) in [4.78, 5) is 16.9. The summed E-state index contributed by atoms with van der Waals surface area (Å²) in [5.74, 6) is 0.539. The number of carbonyl (C=O) groups is 1. The van der Waals surface area contributed by atoms with Crippen LogP contribution in [0.4, 0.5) is 5.69 Å². The summed E-state index contributed by atoms with van der Waals surface area (Å²) in [6, 6.07) is 5.15. The Morgan fingerprint density at radius 1 is 1.19 bits per heavy atom. The van der Waals surface area contributed by atoms with Gasteiger partial charge < -0.3 is 10.6 Å². The molecule has 1 atom stereocenters. The Morgan fingerprint density at radius 3 is 2.41 bits per heavy atom. The molecule has 0 aliphatic carbocycles. The zero-order valence-corrected chi connectivity index (χ0v) is 17.1. The maximum Gasteiger partial charge on any atom is 0.246 e. The van der Waals surface area contributed by atoms with Gasteiger partial charge in [0.05, 0.1) is 23.8 Å². The molecule has 3 rings (SSSR count). The van der Waals surface area contributed by atoms with Crippen LogP contribution in [0.3, 0.4) is 0 Å². The van der Waals surface area contributed by atoms with Gasteiger partial charge in [0.2, 0.25) is 5.91 Å². The average molecular weight is 412 g/mol. The van der Waals surface area contributed by atoms with Crippen LogP contribution in [0, 0.1) is 13.8 Å². The standard InChI is InChI=1S/C17H21N7O.2ClH/c1-11-7-12(2)24(22-11)15-6-5-14(9-19-15)21-17(25)16(18-3)13-8-20-23(4)10-13;;/h5-10,16,18H,1-4H3,(H,21,25);2*1H. The van der Waals surface area contributed by atoms with Crippen LogP contribution >= 0.6 is 24.8 Å². The van der Waals surface area contributed by atoms with Gasteiger partial charge in [0, 0.05) is 24.5 Å². The monoisotopic (exact) mass is 411 g/mol. The first-order valence-electron chi connectivity index (χ1n) is 7.94. The van der Waals surface area contributed by atoms with Crippen LogP contribution in [0.25, 0.3) is 5.82 Å². The molecule has 0 saturated carbocycles. The number of hydrogen-bond donors (Lipinski definition) is 2. The molecule has 0 saturated heterocycles. The minimum atomic E-state index is -0.482. The minimum absolute atomic E-state index is 0. The van der Waals surface area contributed by atoms with E-state index in [4.69, 9.17) is 0 Å². The molecule has 3 heterocycles. The Balaban J connectivity index is 0.00000182. The van der Waals surface area contributed by atoms with Crippen molar-refractivity contribution in [1.82, 2.24) is 29.9 Å². The highest BCUT2D eigenvalue weighted by Gasteiger charge is 2.20. The van der Waals surface area contributed by atoms with E-state index in [9.17, 15) is 4.79 Å². The third kappa shape index (κ3) is 5.06. The normalized spacial score (nSPS) is 11.3. The minimum Gasteiger partial charge on any atom is -0.323 e. The molecule has 1 amide bonds. The lowest BCUT2D eigenvalue weighted by Crippen LogP contribution is -2.30. The number of carbonyl (C=O) groups excluding carboxylic acids is 1. The van der Waals surface area contributed by atoms with Crippen molar-refractivity contribution in [1.29, 1.82) is 0 Å². The van der Waals surface area contributed by atoms with Crippen molar-refractivity contribution in [3.63, 3.8) is 0 Å². The fourth-order valence-electron chi connectivity index (χ4n) is 2.70. The predicted octanol–water partition coefficient (Wildman–Crippen LogP) is 2.36. The SMILES string of the molecule is CNC(C(=O)Nc1ccc(-n2nc(C)cc2C)nc1)c1cnn(C)c1.Cl.Cl. The van der Waals surface area contributed by atoms with Crippen molar-refractivity contribution >= 4 is 36.4 Å². The lowest BCUT2D eigenvalue weighted by molar-refractivity contribution is -0.118. The van der Waals surface area contributed by atoms with Gasteiger partial charge in [0.15, 0.2) is 5.82 Å². The predicted molar refractivity (Wildman–Crippen MR) is 109 cm³/mol. The van der Waals surface area contributed by atoms with Gasteiger partial charge in [-0.05, 0) is 39.1 Å². The zero-order chi connectivity index (χ0) is 18.0. The molecule has 0 aromatic carbocycles. The first-order valence-corrected chi connectivity index (χ1v) is 7.94. The van der Waals surface area contributed by atoms with E-state index in [1.54, 1.807) is 28.8 Å². The first kappa shape index (κ1) is 22.6. The molecule has 2 N–H and O–H groups in total. The van der Waals surface area contributed by atoms with Crippen molar-refractivity contribution in [3.05, 3.63) is 53.7 Å². The van der Waals surface area contributed by atoms with Gasteiger partial charge in [-0.25, -0.2) is 9.67 Å². The second-order valence-corrected chi connectivity index (χ2v) is 5.90. The topological polar surface area (TPSA) is 89.7 Å². The number of rotatable bonds is 5. The van der Waals surface area contributed by atoms with E-state index in [1.165, 1.54) is 0 Å². The molecule has 10 heteroatoms. The summed E-state index contributed by atoms with van der Waals surface area (Å²) in [5.41, 5.74) is 3.37. The number of likely N-dealkylation sites (N-methyl/N-ethyl adjacent to an activating group) is 1. The molecule has 0 fully saturated rings. The number of nitrogens with one attached hydrogen (secondary N) is 2. The fourth-order valence-corrected chi connectivity index (χ4v) is 2.70. The fraction of sp³-hybridized carbons (Fsp3) is 0.294. The summed E-state index contributed by atoms with van der Waals surface area (Å²) in [6.07, 6.45) is 5.11. The highest BCUT2D eigenvalue weighted by molar-refractivity contribution is 5.95. The summed E-state index contributed by atoms with van der Waals surface area (Å²) in [6.45, 7) is 3.91. The van der Waals surface area contributed by atoms with Crippen molar-refractivity contribution in [2.75, 3.05) is 12.4 Å². The van der Waals surface area contributed by atoms with Crippen LogP contribution in [0.5, 0.6) is 0 Å². The summed E-state index contributed by atoms with van der Waals surface area (Å²) in [5, 5.41) is 14.4. The number of halogens is 2. The Bertz CT molecular complexity index is 889. The molecule has 0 aliphatic heterocycles. The van der Waals surface area contributed by atoms with Crippen LogP contribution in [0.2, 0.25) is 0 Å². The highest BCUT2D eigenvalue weighted by atomic mass is 35.5. The van der Waals surface area contributed by atoms with E-state index >= 15 is 0 Å². The molecule has 0 aliphatic rings. The van der Waals surface area contributed by atoms with Crippen LogP contribution < -0.4 is 10.6 Å². The third-order valence-electron chi connectivity index (χ3n) is 3.85. The van der Waals surface area contributed by atoms with E-state index < -0.39 is 6.04 Å². The molecule has 146 valence electrons. The molecule has 0 spiro atoms. The van der Waals surface area contributed by atoms with Gasteiger partial charge in [-0.15, -0.1) is 24.8 Å². The van der Waals surface area contributed by atoms with Crippen molar-refractivity contribution in [2.24, 2.45) is 7.05 Å². The van der Waals surface area contributed by atoms with Crippen molar-refractivity contribution in [2.45, 2.75) is 19.9 Å². The van der Waals surface area contributed by atoms with Crippen LogP contribution in [-0.2, 0) is 11.8 Å². The number of amides is 1. The number of aryl methyl sites for hydroxylation is 3. The summed E-state index contributed by atoms with van der Waals surface area (Å²) >= 11 is 0. The van der Waals surface area contributed by atoms with E-state index in [-0.39, 0.29) is 30.7 Å². The third-order valence-corrected chi connectivity index (χ3v) is 3.85. The van der Waals surface area contributed by atoms with Gasteiger partial charge in [-0.2, -0.15) is 10.2 Å². The van der Waals surface area contributed by atoms with Crippen LogP contribution in [-0.4, -0.2) is 37.5 Å². The summed E-state index contributed by atoms with van der Waals surface area (Å²) in [7, 11) is 3.55. The molecule has 3 aromatic heterocycles. The Labute approximate surface area is 170 Å². The molecule has 0 radical (unpaired) electrons. The second kappa shape index (κ2) is 9.50. The Kier molecular flexibility index (Phi) is 7.96. The molecule has 3 aromatic rings. The Hall–Kier alpha value is -2.42. The molecule has 27 heavy (non-hydrogen) atoms. The molecular formula is C17H23Cl2N7O. The molecule has 1 unspecified atom stereocenters. The van der Waals surface area contributed by atoms with Gasteiger partial charge in [-0.3, -0.25) is 9.48 Å². The maximum atomic E-state index is 12.5. The van der Waals surface area contributed by atoms with E-state index in [0.717, 1.165) is 17.0 Å². The van der Waals surface area contributed by atoms with E-state index in [1.807, 2.05) is 45.3 Å². The highest BCUT2D eigenvalue weighted by Crippen LogP contribution is 2.16.